The molecule has 0 unspecified atom stereocenters. The minimum atomic E-state index is -3.35. The summed E-state index contributed by atoms with van der Waals surface area (Å²) in [7, 11) is -3.35. The minimum Gasteiger partial charge on any atom is -0.366 e. The van der Waals surface area contributed by atoms with Gasteiger partial charge in [0, 0.05) is 22.6 Å². The maximum atomic E-state index is 11.2. The molecule has 0 saturated carbocycles. The second-order valence-corrected chi connectivity index (χ2v) is 5.06. The van der Waals surface area contributed by atoms with Crippen molar-refractivity contribution in [2.75, 3.05) is 25.6 Å². The average molecular weight is 346 g/mol. The number of ether oxygens (including phenoxy) is 1. The Morgan fingerprint density at radius 3 is 2.67 bits per heavy atom. The van der Waals surface area contributed by atoms with E-state index in [9.17, 15) is 8.42 Å². The van der Waals surface area contributed by atoms with E-state index in [-0.39, 0.29) is 19.0 Å². The Hall–Kier alpha value is 0.160. The Labute approximate surface area is 105 Å². The first-order chi connectivity index (χ1) is 7.12. The Balaban J connectivity index is 3.51. The van der Waals surface area contributed by atoms with Gasteiger partial charge in [-0.25, -0.2) is 0 Å². The number of halogens is 1. The minimum absolute atomic E-state index is 0.0645. The van der Waals surface area contributed by atoms with Crippen molar-refractivity contribution >= 4 is 32.7 Å². The summed E-state index contributed by atoms with van der Waals surface area (Å²) >= 11 is 1.91. The summed E-state index contributed by atoms with van der Waals surface area (Å²) in [5.41, 5.74) is 0. The molecule has 0 aliphatic heterocycles. The molecule has 0 rings (SSSR count). The molecule has 0 heterocycles. The van der Waals surface area contributed by atoms with Gasteiger partial charge in [0.25, 0.3) is 10.1 Å². The van der Waals surface area contributed by atoms with E-state index < -0.39 is 10.1 Å². The molecule has 0 radical (unpaired) electrons. The number of rotatable bonds is 8. The van der Waals surface area contributed by atoms with E-state index in [1.807, 2.05) is 29.5 Å². The molecule has 0 bridgehead atoms. The zero-order valence-electron chi connectivity index (χ0n) is 8.66. The summed E-state index contributed by atoms with van der Waals surface area (Å²) < 4.78 is 34.7. The third-order valence-corrected chi connectivity index (χ3v) is 3.18. The van der Waals surface area contributed by atoms with Gasteiger partial charge in [-0.2, -0.15) is 8.42 Å². The van der Waals surface area contributed by atoms with E-state index in [1.165, 1.54) is 0 Å². The predicted octanol–water partition coefficient (Wildman–Crippen LogP) is 1.55. The van der Waals surface area contributed by atoms with Crippen LogP contribution in [0.1, 0.15) is 19.8 Å². The van der Waals surface area contributed by atoms with Crippen molar-refractivity contribution < 1.29 is 17.3 Å². The molecule has 0 aliphatic rings. The molecule has 0 fully saturated rings. The van der Waals surface area contributed by atoms with Gasteiger partial charge in [-0.3, -0.25) is 4.18 Å². The summed E-state index contributed by atoms with van der Waals surface area (Å²) in [5.74, 6) is 2.77. The van der Waals surface area contributed by atoms with Gasteiger partial charge in [0.2, 0.25) is 0 Å². The van der Waals surface area contributed by atoms with Crippen molar-refractivity contribution in [3.8, 4) is 9.85 Å². The van der Waals surface area contributed by atoms with E-state index in [1.54, 1.807) is 0 Å². The molecule has 88 valence electrons. The van der Waals surface area contributed by atoms with Crippen LogP contribution in [0.4, 0.5) is 0 Å². The maximum Gasteiger partial charge on any atom is 0.267 e. The lowest BCUT2D eigenvalue weighted by Crippen LogP contribution is -2.14. The third kappa shape index (κ3) is 10.4. The second kappa shape index (κ2) is 9.39. The monoisotopic (exact) mass is 346 g/mol. The molecule has 0 amide bonds. The fourth-order valence-electron chi connectivity index (χ4n) is 0.750. The van der Waals surface area contributed by atoms with Crippen molar-refractivity contribution in [2.24, 2.45) is 0 Å². The predicted molar refractivity (Wildman–Crippen MR) is 67.3 cm³/mol. The highest BCUT2D eigenvalue weighted by Gasteiger charge is 2.09. The van der Waals surface area contributed by atoms with Gasteiger partial charge < -0.3 is 4.74 Å². The van der Waals surface area contributed by atoms with E-state index in [0.29, 0.717) is 13.0 Å². The summed E-state index contributed by atoms with van der Waals surface area (Å²) in [6, 6.07) is 0. The number of hydrogen-bond donors (Lipinski definition) is 0. The molecule has 6 heteroatoms. The lowest BCUT2D eigenvalue weighted by atomic mass is 10.4. The smallest absolute Gasteiger partial charge is 0.267 e. The molecule has 15 heavy (non-hydrogen) atoms. The SMILES string of the molecule is CCCCS(=O)(=O)OCCOCC#CI. The van der Waals surface area contributed by atoms with Gasteiger partial charge in [0.1, 0.15) is 6.61 Å². The van der Waals surface area contributed by atoms with Gasteiger partial charge in [-0.1, -0.05) is 19.3 Å². The van der Waals surface area contributed by atoms with E-state index >= 15 is 0 Å². The van der Waals surface area contributed by atoms with E-state index in [0.717, 1.165) is 6.42 Å². The zero-order valence-corrected chi connectivity index (χ0v) is 11.6. The molecular weight excluding hydrogens is 331 g/mol. The normalized spacial score (nSPS) is 10.8. The Morgan fingerprint density at radius 2 is 2.07 bits per heavy atom. The highest BCUT2D eigenvalue weighted by Crippen LogP contribution is 1.98. The van der Waals surface area contributed by atoms with Gasteiger partial charge >= 0.3 is 0 Å². The highest BCUT2D eigenvalue weighted by molar-refractivity contribution is 14.1. The molecule has 0 saturated heterocycles. The van der Waals surface area contributed by atoms with Gasteiger partial charge in [0.15, 0.2) is 0 Å². The Kier molecular flexibility index (Phi) is 9.49. The zero-order chi connectivity index (χ0) is 11.6. The average Bonchev–Trinajstić information content (AvgIpc) is 2.20. The van der Waals surface area contributed by atoms with Crippen LogP contribution in [-0.2, 0) is 19.0 Å². The van der Waals surface area contributed by atoms with E-state index in [4.69, 9.17) is 8.92 Å². The maximum absolute atomic E-state index is 11.2. The molecule has 0 N–H and O–H groups in total. The van der Waals surface area contributed by atoms with Crippen LogP contribution in [0, 0.1) is 9.85 Å². The fraction of sp³-hybridized carbons (Fsp3) is 0.778. The third-order valence-electron chi connectivity index (χ3n) is 1.48. The summed E-state index contributed by atoms with van der Waals surface area (Å²) in [4.78, 5) is 0. The molecule has 0 aliphatic carbocycles. The molecular formula is C9H15IO4S. The van der Waals surface area contributed by atoms with Gasteiger partial charge in [-0.15, -0.1) is 0 Å². The highest BCUT2D eigenvalue weighted by atomic mass is 127. The summed E-state index contributed by atoms with van der Waals surface area (Å²) in [6.07, 6.45) is 1.47. The van der Waals surface area contributed by atoms with Crippen molar-refractivity contribution in [2.45, 2.75) is 19.8 Å². The van der Waals surface area contributed by atoms with Crippen molar-refractivity contribution in [1.29, 1.82) is 0 Å². The lowest BCUT2D eigenvalue weighted by Gasteiger charge is -2.04. The standard InChI is InChI=1S/C9H15IO4S/c1-2-3-9-15(11,12)14-8-7-13-6-4-5-10/h2-3,6-9H2,1H3. The lowest BCUT2D eigenvalue weighted by molar-refractivity contribution is 0.127. The van der Waals surface area contributed by atoms with Crippen LogP contribution in [0.3, 0.4) is 0 Å². The van der Waals surface area contributed by atoms with Crippen LogP contribution in [-0.4, -0.2) is 34.0 Å². The van der Waals surface area contributed by atoms with E-state index in [2.05, 4.69) is 9.85 Å². The summed E-state index contributed by atoms with van der Waals surface area (Å²) in [5, 5.41) is 0. The van der Waals surface area contributed by atoms with Gasteiger partial charge in [-0.05, 0) is 10.3 Å². The fourth-order valence-corrected chi connectivity index (χ4v) is 1.99. The number of hydrogen-bond acceptors (Lipinski definition) is 4. The second-order valence-electron chi connectivity index (χ2n) is 2.76. The first kappa shape index (κ1) is 15.2. The first-order valence-electron chi connectivity index (χ1n) is 4.65. The summed E-state index contributed by atoms with van der Waals surface area (Å²) in [6.45, 7) is 2.55. The van der Waals surface area contributed by atoms with Gasteiger partial charge in [0.05, 0.1) is 19.0 Å². The Bertz CT molecular complexity index is 302. The molecule has 0 aromatic rings. The van der Waals surface area contributed by atoms with Crippen molar-refractivity contribution in [3.63, 3.8) is 0 Å². The van der Waals surface area contributed by atoms with Crippen molar-refractivity contribution in [1.82, 2.24) is 0 Å². The van der Waals surface area contributed by atoms with Crippen molar-refractivity contribution in [3.05, 3.63) is 0 Å². The molecule has 4 nitrogen and oxygen atoms in total. The Morgan fingerprint density at radius 1 is 1.33 bits per heavy atom. The molecule has 0 aromatic heterocycles. The molecule has 0 spiro atoms. The molecule has 0 atom stereocenters. The van der Waals surface area contributed by atoms with Crippen LogP contribution >= 0.6 is 22.6 Å². The van der Waals surface area contributed by atoms with Crippen LogP contribution in [0.15, 0.2) is 0 Å². The van der Waals surface area contributed by atoms with Crippen LogP contribution in [0.5, 0.6) is 0 Å². The van der Waals surface area contributed by atoms with Crippen LogP contribution in [0.25, 0.3) is 0 Å². The number of unbranched alkanes of at least 4 members (excludes halogenated alkanes) is 1. The largest absolute Gasteiger partial charge is 0.366 e. The van der Waals surface area contributed by atoms with Crippen LogP contribution < -0.4 is 0 Å². The topological polar surface area (TPSA) is 52.6 Å². The first-order valence-corrected chi connectivity index (χ1v) is 7.31. The quantitative estimate of drug-likeness (QED) is 0.290. The van der Waals surface area contributed by atoms with Crippen LogP contribution in [0.2, 0.25) is 0 Å². The molecule has 0 aromatic carbocycles.